The predicted octanol–water partition coefficient (Wildman–Crippen LogP) is 4.04. The molecule has 1 saturated heterocycles. The second kappa shape index (κ2) is 7.34. The summed E-state index contributed by atoms with van der Waals surface area (Å²) in [5.74, 6) is 0.743. The molecule has 1 fully saturated rings. The largest absolute Gasteiger partial charge is 0.473 e. The van der Waals surface area contributed by atoms with E-state index in [0.717, 1.165) is 43.8 Å². The van der Waals surface area contributed by atoms with Crippen LogP contribution in [0, 0.1) is 13.8 Å². The van der Waals surface area contributed by atoms with E-state index in [9.17, 15) is 0 Å². The Bertz CT molecular complexity index is 633. The Labute approximate surface area is 138 Å². The van der Waals surface area contributed by atoms with E-state index in [0.29, 0.717) is 6.61 Å². The highest BCUT2D eigenvalue weighted by molar-refractivity contribution is 5.88. The maximum atomic E-state index is 6.00. The Morgan fingerprint density at radius 1 is 1.41 bits per heavy atom. The molecular formula is C17H25ClN2O2. The normalized spacial score (nSPS) is 17.7. The van der Waals surface area contributed by atoms with Gasteiger partial charge in [0.1, 0.15) is 12.1 Å². The smallest absolute Gasteiger partial charge is 0.238 e. The minimum atomic E-state index is 0. The molecule has 4 nitrogen and oxygen atoms in total. The van der Waals surface area contributed by atoms with Crippen LogP contribution in [0.1, 0.15) is 37.4 Å². The van der Waals surface area contributed by atoms with Gasteiger partial charge in [-0.1, -0.05) is 6.92 Å². The number of nitrogens with zero attached hydrogens (tertiary/aromatic N) is 2. The van der Waals surface area contributed by atoms with Gasteiger partial charge < -0.3 is 14.0 Å². The number of fused-ring (bicyclic) bond motifs is 1. The fourth-order valence-corrected chi connectivity index (χ4v) is 3.12. The molecule has 0 N–H and O–H groups in total. The van der Waals surface area contributed by atoms with Crippen molar-refractivity contribution in [2.45, 2.75) is 52.7 Å². The van der Waals surface area contributed by atoms with Crippen LogP contribution < -0.4 is 4.74 Å². The van der Waals surface area contributed by atoms with Gasteiger partial charge in [-0.2, -0.15) is 0 Å². The number of hydrogen-bond acceptors (Lipinski definition) is 3. The quantitative estimate of drug-likeness (QED) is 0.832. The molecule has 122 valence electrons. The van der Waals surface area contributed by atoms with Gasteiger partial charge in [-0.15, -0.1) is 12.4 Å². The second-order valence-corrected chi connectivity index (χ2v) is 5.82. The molecule has 0 aromatic carbocycles. The standard InChI is InChI=1S/C17H24N2O2.ClH/c1-4-9-19-13(3)12(2)15-7-8-18-17(16(15)19)21-11-14-6-5-10-20-14;/h7-8,14H,4-6,9-11H2,1-3H3;1H. The summed E-state index contributed by atoms with van der Waals surface area (Å²) in [4.78, 5) is 4.47. The molecule has 0 aliphatic carbocycles. The van der Waals surface area contributed by atoms with E-state index in [1.165, 1.54) is 16.6 Å². The lowest BCUT2D eigenvalue weighted by atomic mass is 10.2. The van der Waals surface area contributed by atoms with Crippen LogP contribution in [0.25, 0.3) is 10.9 Å². The molecule has 0 radical (unpaired) electrons. The average molecular weight is 325 g/mol. The predicted molar refractivity (Wildman–Crippen MR) is 91.2 cm³/mol. The molecule has 1 unspecified atom stereocenters. The average Bonchev–Trinajstić information content (AvgIpc) is 3.09. The van der Waals surface area contributed by atoms with Gasteiger partial charge in [-0.25, -0.2) is 4.98 Å². The van der Waals surface area contributed by atoms with Gasteiger partial charge in [0.05, 0.1) is 6.10 Å². The van der Waals surface area contributed by atoms with Crippen LogP contribution in [0.3, 0.4) is 0 Å². The first-order chi connectivity index (χ1) is 10.2. The third kappa shape index (κ3) is 3.08. The van der Waals surface area contributed by atoms with E-state index in [4.69, 9.17) is 9.47 Å². The molecular weight excluding hydrogens is 300 g/mol. The van der Waals surface area contributed by atoms with Gasteiger partial charge >= 0.3 is 0 Å². The van der Waals surface area contributed by atoms with Crippen molar-refractivity contribution in [2.24, 2.45) is 0 Å². The van der Waals surface area contributed by atoms with Crippen LogP contribution in [0.2, 0.25) is 0 Å². The van der Waals surface area contributed by atoms with E-state index in [1.54, 1.807) is 0 Å². The van der Waals surface area contributed by atoms with E-state index in [1.807, 2.05) is 6.20 Å². The third-order valence-corrected chi connectivity index (χ3v) is 4.39. The fourth-order valence-electron chi connectivity index (χ4n) is 3.12. The number of halogens is 1. The molecule has 0 amide bonds. The minimum absolute atomic E-state index is 0. The van der Waals surface area contributed by atoms with Crippen molar-refractivity contribution >= 4 is 23.3 Å². The Kier molecular flexibility index (Phi) is 5.70. The summed E-state index contributed by atoms with van der Waals surface area (Å²) in [6.45, 7) is 9.00. The minimum Gasteiger partial charge on any atom is -0.473 e. The number of rotatable bonds is 5. The molecule has 22 heavy (non-hydrogen) atoms. The van der Waals surface area contributed by atoms with Crippen LogP contribution in [-0.4, -0.2) is 28.9 Å². The fraction of sp³-hybridized carbons (Fsp3) is 0.588. The zero-order valence-electron chi connectivity index (χ0n) is 13.6. The topological polar surface area (TPSA) is 36.3 Å². The number of hydrogen-bond donors (Lipinski definition) is 0. The lowest BCUT2D eigenvalue weighted by Gasteiger charge is -2.13. The van der Waals surface area contributed by atoms with Crippen molar-refractivity contribution in [1.82, 2.24) is 9.55 Å². The molecule has 1 atom stereocenters. The summed E-state index contributed by atoms with van der Waals surface area (Å²) in [7, 11) is 0. The number of pyridine rings is 1. The number of aryl methyl sites for hydroxylation is 2. The van der Waals surface area contributed by atoms with Crippen LogP contribution in [0.15, 0.2) is 12.3 Å². The molecule has 0 bridgehead atoms. The maximum absolute atomic E-state index is 6.00. The van der Waals surface area contributed by atoms with Gasteiger partial charge in [0.15, 0.2) is 0 Å². The summed E-state index contributed by atoms with van der Waals surface area (Å²) in [5.41, 5.74) is 3.76. The van der Waals surface area contributed by atoms with E-state index >= 15 is 0 Å². The summed E-state index contributed by atoms with van der Waals surface area (Å²) in [5, 5.41) is 1.25. The molecule has 1 aliphatic heterocycles. The van der Waals surface area contributed by atoms with Crippen LogP contribution in [-0.2, 0) is 11.3 Å². The van der Waals surface area contributed by atoms with Crippen molar-refractivity contribution < 1.29 is 9.47 Å². The van der Waals surface area contributed by atoms with E-state index in [2.05, 4.69) is 36.4 Å². The van der Waals surface area contributed by atoms with Gasteiger partial charge in [-0.05, 0) is 44.7 Å². The van der Waals surface area contributed by atoms with Crippen LogP contribution in [0.4, 0.5) is 0 Å². The van der Waals surface area contributed by atoms with Crippen LogP contribution in [0.5, 0.6) is 5.88 Å². The monoisotopic (exact) mass is 324 g/mol. The molecule has 2 aromatic rings. The highest BCUT2D eigenvalue weighted by Gasteiger charge is 2.19. The van der Waals surface area contributed by atoms with Gasteiger partial charge in [0.25, 0.3) is 0 Å². The number of aromatic nitrogens is 2. The van der Waals surface area contributed by atoms with Crippen molar-refractivity contribution in [1.29, 1.82) is 0 Å². The first kappa shape index (κ1) is 17.1. The zero-order chi connectivity index (χ0) is 14.8. The van der Waals surface area contributed by atoms with Crippen molar-refractivity contribution in [3.8, 4) is 5.88 Å². The van der Waals surface area contributed by atoms with Gasteiger partial charge in [0, 0.05) is 30.4 Å². The molecule has 2 aromatic heterocycles. The van der Waals surface area contributed by atoms with E-state index < -0.39 is 0 Å². The Balaban J connectivity index is 0.00000176. The molecule has 5 heteroatoms. The first-order valence-electron chi connectivity index (χ1n) is 7.91. The number of ether oxygens (including phenoxy) is 2. The highest BCUT2D eigenvalue weighted by atomic mass is 35.5. The molecule has 1 aliphatic rings. The highest BCUT2D eigenvalue weighted by Crippen LogP contribution is 2.31. The Morgan fingerprint density at radius 2 is 2.23 bits per heavy atom. The lowest BCUT2D eigenvalue weighted by molar-refractivity contribution is 0.0668. The SMILES string of the molecule is CCCn1c(C)c(C)c2ccnc(OCC3CCCO3)c21.Cl. The summed E-state index contributed by atoms with van der Waals surface area (Å²) >= 11 is 0. The summed E-state index contributed by atoms with van der Waals surface area (Å²) < 4.78 is 14.0. The Hall–Kier alpha value is -1.26. The molecule has 0 saturated carbocycles. The van der Waals surface area contributed by atoms with Gasteiger partial charge in [0.2, 0.25) is 5.88 Å². The van der Waals surface area contributed by atoms with Crippen LogP contribution >= 0.6 is 12.4 Å². The van der Waals surface area contributed by atoms with Crippen molar-refractivity contribution in [3.63, 3.8) is 0 Å². The molecule has 3 heterocycles. The van der Waals surface area contributed by atoms with Gasteiger partial charge in [-0.3, -0.25) is 0 Å². The summed E-state index contributed by atoms with van der Waals surface area (Å²) in [6.07, 6.45) is 5.39. The van der Waals surface area contributed by atoms with Crippen molar-refractivity contribution in [3.05, 3.63) is 23.5 Å². The third-order valence-electron chi connectivity index (χ3n) is 4.39. The maximum Gasteiger partial charge on any atom is 0.238 e. The lowest BCUT2D eigenvalue weighted by Crippen LogP contribution is -2.17. The molecule has 0 spiro atoms. The van der Waals surface area contributed by atoms with E-state index in [-0.39, 0.29) is 18.5 Å². The Morgan fingerprint density at radius 3 is 2.91 bits per heavy atom. The molecule has 3 rings (SSSR count). The first-order valence-corrected chi connectivity index (χ1v) is 7.91. The summed E-state index contributed by atoms with van der Waals surface area (Å²) in [6, 6.07) is 2.09. The van der Waals surface area contributed by atoms with Crippen molar-refractivity contribution in [2.75, 3.05) is 13.2 Å². The zero-order valence-corrected chi connectivity index (χ0v) is 14.4. The second-order valence-electron chi connectivity index (χ2n) is 5.82.